The molecule has 0 fully saturated rings. The van der Waals surface area contributed by atoms with Crippen molar-refractivity contribution >= 4 is 27.5 Å². The first-order valence-electron chi connectivity index (χ1n) is 9.21. The fourth-order valence-corrected chi connectivity index (χ4v) is 4.19. The van der Waals surface area contributed by atoms with Crippen molar-refractivity contribution in [3.05, 3.63) is 54.1 Å². The first-order chi connectivity index (χ1) is 13.8. The number of amides is 2. The number of hydrogen-bond acceptors (Lipinski definition) is 5. The number of aromatic hydroxyl groups is 1. The Morgan fingerprint density at radius 3 is 2.28 bits per heavy atom. The summed E-state index contributed by atoms with van der Waals surface area (Å²) in [4.78, 5) is 24.0. The Kier molecular flexibility index (Phi) is 7.74. The van der Waals surface area contributed by atoms with Crippen LogP contribution in [0.15, 0.2) is 53.4 Å². The van der Waals surface area contributed by atoms with Gasteiger partial charge in [0.25, 0.3) is 0 Å². The van der Waals surface area contributed by atoms with E-state index in [1.165, 1.54) is 22.5 Å². The van der Waals surface area contributed by atoms with Crippen LogP contribution in [-0.4, -0.2) is 49.3 Å². The summed E-state index contributed by atoms with van der Waals surface area (Å²) in [5.41, 5.74) is 0.776. The number of hydrogen-bond donors (Lipinski definition) is 3. The predicted octanol–water partition coefficient (Wildman–Crippen LogP) is 1.72. The fraction of sp³-hybridized carbons (Fsp3) is 0.300. The Balaban J connectivity index is 2.02. The van der Waals surface area contributed by atoms with Crippen molar-refractivity contribution in [3.63, 3.8) is 0 Å². The van der Waals surface area contributed by atoms with Crippen LogP contribution in [0.25, 0.3) is 0 Å². The van der Waals surface area contributed by atoms with Crippen LogP contribution in [0.2, 0.25) is 0 Å². The summed E-state index contributed by atoms with van der Waals surface area (Å²) in [7, 11) is -3.74. The molecule has 8 nitrogen and oxygen atoms in total. The molecule has 2 amide bonds. The molecular formula is C20H25N3O5S. The molecule has 0 heterocycles. The van der Waals surface area contributed by atoms with Crippen molar-refractivity contribution in [1.82, 2.24) is 9.62 Å². The number of anilines is 1. The maximum absolute atomic E-state index is 12.6. The molecule has 156 valence electrons. The average molecular weight is 420 g/mol. The monoisotopic (exact) mass is 419 g/mol. The zero-order chi connectivity index (χ0) is 21.4. The lowest BCUT2D eigenvalue weighted by Gasteiger charge is -2.19. The molecule has 0 saturated carbocycles. The second-order valence-electron chi connectivity index (χ2n) is 6.26. The topological polar surface area (TPSA) is 116 Å². The second-order valence-corrected chi connectivity index (χ2v) is 8.19. The highest BCUT2D eigenvalue weighted by atomic mass is 32.2. The molecule has 2 aromatic rings. The van der Waals surface area contributed by atoms with E-state index in [4.69, 9.17) is 0 Å². The summed E-state index contributed by atoms with van der Waals surface area (Å²) in [5, 5.41) is 14.9. The molecule has 0 atom stereocenters. The van der Waals surface area contributed by atoms with E-state index in [-0.39, 0.29) is 35.2 Å². The van der Waals surface area contributed by atoms with Crippen molar-refractivity contribution in [2.45, 2.75) is 25.2 Å². The van der Waals surface area contributed by atoms with Crippen LogP contribution >= 0.6 is 0 Å². The number of carbonyl (C=O) groups excluding carboxylic acids is 2. The van der Waals surface area contributed by atoms with Crippen molar-refractivity contribution in [3.8, 4) is 5.75 Å². The van der Waals surface area contributed by atoms with Gasteiger partial charge in [0.1, 0.15) is 5.75 Å². The van der Waals surface area contributed by atoms with E-state index in [0.29, 0.717) is 13.1 Å². The smallest absolute Gasteiger partial charge is 0.243 e. The minimum absolute atomic E-state index is 0.0394. The number of phenolic OH excluding ortho intramolecular Hbond substituents is 1. The number of benzene rings is 2. The van der Waals surface area contributed by atoms with E-state index in [0.717, 1.165) is 5.56 Å². The lowest BCUT2D eigenvalue weighted by atomic mass is 10.1. The van der Waals surface area contributed by atoms with E-state index < -0.39 is 15.9 Å². The first kappa shape index (κ1) is 22.4. The van der Waals surface area contributed by atoms with Gasteiger partial charge < -0.3 is 15.7 Å². The van der Waals surface area contributed by atoms with Gasteiger partial charge in [-0.25, -0.2) is 8.42 Å². The first-order valence-corrected chi connectivity index (χ1v) is 10.7. The van der Waals surface area contributed by atoms with Gasteiger partial charge >= 0.3 is 0 Å². The summed E-state index contributed by atoms with van der Waals surface area (Å²) in [6.07, 6.45) is 0.136. The average Bonchev–Trinajstić information content (AvgIpc) is 2.69. The zero-order valence-electron chi connectivity index (χ0n) is 16.4. The molecule has 2 rings (SSSR count). The lowest BCUT2D eigenvalue weighted by molar-refractivity contribution is -0.123. The number of phenols is 1. The molecule has 2 aromatic carbocycles. The van der Waals surface area contributed by atoms with E-state index in [9.17, 15) is 23.1 Å². The predicted molar refractivity (Wildman–Crippen MR) is 110 cm³/mol. The fourth-order valence-electron chi connectivity index (χ4n) is 2.71. The molecule has 0 saturated heterocycles. The molecule has 29 heavy (non-hydrogen) atoms. The van der Waals surface area contributed by atoms with Gasteiger partial charge in [0.05, 0.1) is 23.5 Å². The van der Waals surface area contributed by atoms with Crippen molar-refractivity contribution in [1.29, 1.82) is 0 Å². The highest BCUT2D eigenvalue weighted by Crippen LogP contribution is 2.27. The molecule has 0 aliphatic carbocycles. The molecule has 0 unspecified atom stereocenters. The van der Waals surface area contributed by atoms with E-state index in [1.54, 1.807) is 26.0 Å². The van der Waals surface area contributed by atoms with Gasteiger partial charge in [-0.1, -0.05) is 44.2 Å². The second kappa shape index (κ2) is 10.0. The van der Waals surface area contributed by atoms with Gasteiger partial charge in [-0.05, 0) is 23.8 Å². The van der Waals surface area contributed by atoms with Gasteiger partial charge in [0.15, 0.2) is 0 Å². The molecule has 9 heteroatoms. The van der Waals surface area contributed by atoms with Crippen LogP contribution in [0.1, 0.15) is 19.4 Å². The van der Waals surface area contributed by atoms with E-state index in [2.05, 4.69) is 10.6 Å². The zero-order valence-corrected chi connectivity index (χ0v) is 17.2. The molecule has 3 N–H and O–H groups in total. The van der Waals surface area contributed by atoms with Crippen LogP contribution in [0.4, 0.5) is 5.69 Å². The van der Waals surface area contributed by atoms with Gasteiger partial charge in [0.2, 0.25) is 21.8 Å². The van der Waals surface area contributed by atoms with Crippen LogP contribution in [0, 0.1) is 0 Å². The largest absolute Gasteiger partial charge is 0.506 e. The number of nitrogens with zero attached hydrogens (tertiary/aromatic N) is 1. The third kappa shape index (κ3) is 6.03. The Morgan fingerprint density at radius 2 is 1.66 bits per heavy atom. The molecule has 0 radical (unpaired) electrons. The molecule has 0 spiro atoms. The summed E-state index contributed by atoms with van der Waals surface area (Å²) < 4.78 is 26.5. The number of nitrogens with one attached hydrogen (secondary N) is 2. The van der Waals surface area contributed by atoms with E-state index >= 15 is 0 Å². The highest BCUT2D eigenvalue weighted by molar-refractivity contribution is 7.89. The lowest BCUT2D eigenvalue weighted by Crippen LogP contribution is -2.34. The van der Waals surface area contributed by atoms with Gasteiger partial charge in [-0.3, -0.25) is 9.59 Å². The summed E-state index contributed by atoms with van der Waals surface area (Å²) in [6.45, 7) is 3.74. The maximum atomic E-state index is 12.6. The molecule has 0 aliphatic heterocycles. The number of rotatable bonds is 9. The van der Waals surface area contributed by atoms with Gasteiger partial charge in [0, 0.05) is 13.1 Å². The summed E-state index contributed by atoms with van der Waals surface area (Å²) in [6, 6.07) is 12.8. The molecule has 0 bridgehead atoms. The molecule has 0 aliphatic rings. The van der Waals surface area contributed by atoms with Crippen LogP contribution in [0.3, 0.4) is 0 Å². The highest BCUT2D eigenvalue weighted by Gasteiger charge is 2.23. The third-order valence-corrected chi connectivity index (χ3v) is 6.28. The minimum atomic E-state index is -3.74. The van der Waals surface area contributed by atoms with Crippen molar-refractivity contribution in [2.75, 3.05) is 25.0 Å². The SMILES string of the molecule is CCN(CC)S(=O)(=O)c1ccc(O)c(NC(=O)CNC(=O)Cc2ccccc2)c1. The Hall–Kier alpha value is -2.91. The Labute approximate surface area is 170 Å². The number of carbonyl (C=O) groups is 2. The summed E-state index contributed by atoms with van der Waals surface area (Å²) >= 11 is 0. The molecule has 0 aromatic heterocycles. The van der Waals surface area contributed by atoms with Crippen molar-refractivity contribution < 1.29 is 23.1 Å². The van der Waals surface area contributed by atoms with Crippen LogP contribution < -0.4 is 10.6 Å². The Morgan fingerprint density at radius 1 is 1.00 bits per heavy atom. The Bertz CT molecular complexity index is 957. The quantitative estimate of drug-likeness (QED) is 0.535. The summed E-state index contributed by atoms with van der Waals surface area (Å²) in [5.74, 6) is -1.18. The number of sulfonamides is 1. The minimum Gasteiger partial charge on any atom is -0.506 e. The van der Waals surface area contributed by atoms with Crippen LogP contribution in [0.5, 0.6) is 5.75 Å². The third-order valence-electron chi connectivity index (χ3n) is 4.24. The van der Waals surface area contributed by atoms with Crippen molar-refractivity contribution in [2.24, 2.45) is 0 Å². The van der Waals surface area contributed by atoms with Gasteiger partial charge in [-0.2, -0.15) is 4.31 Å². The normalized spacial score (nSPS) is 11.3. The standard InChI is InChI=1S/C20H25N3O5S/c1-3-23(4-2)29(27,28)16-10-11-18(24)17(13-16)22-20(26)14-21-19(25)12-15-8-6-5-7-9-15/h5-11,13,24H,3-4,12,14H2,1-2H3,(H,21,25)(H,22,26). The van der Waals surface area contributed by atoms with Gasteiger partial charge in [-0.15, -0.1) is 0 Å². The molecular weight excluding hydrogens is 394 g/mol. The van der Waals surface area contributed by atoms with Crippen LogP contribution in [-0.2, 0) is 26.0 Å². The van der Waals surface area contributed by atoms with E-state index in [1.807, 2.05) is 18.2 Å². The maximum Gasteiger partial charge on any atom is 0.243 e.